The maximum Gasteiger partial charge on any atom is 0.148 e. The number of rotatable bonds is 4. The molecule has 1 N–H and O–H groups in total. The minimum Gasteiger partial charge on any atom is -0.335 e. The first-order valence-corrected chi connectivity index (χ1v) is 7.26. The largest absolute Gasteiger partial charge is 0.335 e. The molecule has 0 spiro atoms. The van der Waals surface area contributed by atoms with Crippen LogP contribution in [0.4, 0.5) is 0 Å². The van der Waals surface area contributed by atoms with Gasteiger partial charge in [0, 0.05) is 5.41 Å². The van der Waals surface area contributed by atoms with Gasteiger partial charge in [-0.15, -0.1) is 0 Å². The number of fused-ring (bicyclic) bond motifs is 2. The summed E-state index contributed by atoms with van der Waals surface area (Å²) in [5.41, 5.74) is 0.191. The molecule has 0 radical (unpaired) electrons. The predicted octanol–water partition coefficient (Wildman–Crippen LogP) is 1.55. The number of carbonyl (C=O) groups is 1. The van der Waals surface area contributed by atoms with Crippen molar-refractivity contribution in [3.8, 4) is 0 Å². The Morgan fingerprint density at radius 1 is 1.24 bits per heavy atom. The van der Waals surface area contributed by atoms with E-state index in [4.69, 9.17) is 0 Å². The number of carbonyl (C=O) groups excluding carboxylic acids is 1. The van der Waals surface area contributed by atoms with Crippen LogP contribution in [0.2, 0.25) is 0 Å². The average Bonchev–Trinajstić information content (AvgIpc) is 2.59. The van der Waals surface area contributed by atoms with Gasteiger partial charge in [-0.25, -0.2) is 0 Å². The van der Waals surface area contributed by atoms with Crippen LogP contribution in [0.5, 0.6) is 0 Å². The van der Waals surface area contributed by atoms with Gasteiger partial charge in [0.25, 0.3) is 0 Å². The highest BCUT2D eigenvalue weighted by molar-refractivity contribution is 5.91. The van der Waals surface area contributed by atoms with Crippen molar-refractivity contribution in [3.63, 3.8) is 0 Å². The molecule has 0 aromatic carbocycles. The molecule has 0 saturated heterocycles. The van der Waals surface area contributed by atoms with Gasteiger partial charge in [0.05, 0.1) is 25.6 Å². The van der Waals surface area contributed by atoms with Gasteiger partial charge in [0.1, 0.15) is 5.78 Å². The molecule has 98 valence electrons. The van der Waals surface area contributed by atoms with Gasteiger partial charge in [-0.3, -0.25) is 4.79 Å². The summed E-state index contributed by atoms with van der Waals surface area (Å²) in [7, 11) is 0. The van der Waals surface area contributed by atoms with Gasteiger partial charge in [0.15, 0.2) is 0 Å². The molecule has 2 aliphatic rings. The smallest absolute Gasteiger partial charge is 0.148 e. The number of quaternary nitrogens is 1. The third kappa shape index (κ3) is 1.60. The number of hydrogen-bond donors (Lipinski definition) is 1. The fraction of sp³-hybridized carbons (Fsp3) is 0.933. The average molecular weight is 238 g/mol. The third-order valence-corrected chi connectivity index (χ3v) is 6.18. The highest BCUT2D eigenvalue weighted by Crippen LogP contribution is 2.65. The van der Waals surface area contributed by atoms with Crippen molar-refractivity contribution < 1.29 is 9.69 Å². The Morgan fingerprint density at radius 3 is 2.24 bits per heavy atom. The van der Waals surface area contributed by atoms with Crippen LogP contribution in [0.15, 0.2) is 0 Å². The van der Waals surface area contributed by atoms with Gasteiger partial charge < -0.3 is 4.90 Å². The van der Waals surface area contributed by atoms with E-state index in [2.05, 4.69) is 34.6 Å². The van der Waals surface area contributed by atoms with Crippen LogP contribution in [-0.2, 0) is 4.79 Å². The monoisotopic (exact) mass is 238 g/mol. The summed E-state index contributed by atoms with van der Waals surface area (Å²) in [6.07, 6.45) is 2.38. The van der Waals surface area contributed by atoms with E-state index in [-0.39, 0.29) is 10.8 Å². The van der Waals surface area contributed by atoms with E-state index in [1.807, 2.05) is 0 Å². The fourth-order valence-electron chi connectivity index (χ4n) is 4.36. The van der Waals surface area contributed by atoms with E-state index < -0.39 is 0 Å². The second-order valence-corrected chi connectivity index (χ2v) is 6.83. The lowest BCUT2D eigenvalue weighted by Crippen LogP contribution is -3.12. The number of Topliss-reactive ketones (excluding diaryl/α,β-unsaturated/α-hetero) is 1. The summed E-state index contributed by atoms with van der Waals surface area (Å²) in [6, 6.07) is 0. The quantitative estimate of drug-likeness (QED) is 0.788. The topological polar surface area (TPSA) is 21.5 Å². The van der Waals surface area contributed by atoms with Crippen LogP contribution in [0, 0.1) is 22.7 Å². The highest BCUT2D eigenvalue weighted by Gasteiger charge is 2.66. The molecule has 2 bridgehead atoms. The second-order valence-electron chi connectivity index (χ2n) is 6.83. The SMILES string of the molecule is CC[NH+](CC)C[C@@H]1C(=O)[C@]2(C)CC[C@H]1C2(C)C. The Morgan fingerprint density at radius 2 is 1.82 bits per heavy atom. The van der Waals surface area contributed by atoms with Crippen LogP contribution >= 0.6 is 0 Å². The Balaban J connectivity index is 2.20. The van der Waals surface area contributed by atoms with Crippen LogP contribution in [-0.4, -0.2) is 25.4 Å². The van der Waals surface area contributed by atoms with Crippen LogP contribution in [0.3, 0.4) is 0 Å². The van der Waals surface area contributed by atoms with Crippen LogP contribution < -0.4 is 4.90 Å². The first kappa shape index (κ1) is 13.1. The maximum absolute atomic E-state index is 12.7. The normalized spacial score (nSPS) is 39.3. The van der Waals surface area contributed by atoms with E-state index in [1.165, 1.54) is 6.42 Å². The van der Waals surface area contributed by atoms with E-state index in [1.54, 1.807) is 4.90 Å². The standard InChI is InChI=1S/C15H27NO/c1-6-16(7-2)10-11-12-8-9-15(5,13(11)17)14(12,3)4/h11-12H,6-10H2,1-5H3/p+1/t11-,12+,15-/m0/s1. The summed E-state index contributed by atoms with van der Waals surface area (Å²) in [6.45, 7) is 14.7. The summed E-state index contributed by atoms with van der Waals surface area (Å²) < 4.78 is 0. The van der Waals surface area contributed by atoms with Crippen molar-refractivity contribution in [1.29, 1.82) is 0 Å². The lowest BCUT2D eigenvalue weighted by molar-refractivity contribution is -0.899. The van der Waals surface area contributed by atoms with Crippen molar-refractivity contribution in [3.05, 3.63) is 0 Å². The summed E-state index contributed by atoms with van der Waals surface area (Å²) in [5.74, 6) is 1.53. The van der Waals surface area contributed by atoms with E-state index in [0.29, 0.717) is 17.6 Å². The molecule has 0 aromatic heterocycles. The minimum atomic E-state index is -0.0328. The zero-order chi connectivity index (χ0) is 12.8. The second kappa shape index (κ2) is 4.08. The third-order valence-electron chi connectivity index (χ3n) is 6.18. The summed E-state index contributed by atoms with van der Waals surface area (Å²) in [4.78, 5) is 14.2. The van der Waals surface area contributed by atoms with Crippen molar-refractivity contribution in [1.82, 2.24) is 0 Å². The summed E-state index contributed by atoms with van der Waals surface area (Å²) in [5, 5.41) is 0. The van der Waals surface area contributed by atoms with E-state index in [0.717, 1.165) is 26.1 Å². The molecular weight excluding hydrogens is 210 g/mol. The molecule has 3 atom stereocenters. The molecule has 17 heavy (non-hydrogen) atoms. The molecule has 2 nitrogen and oxygen atoms in total. The van der Waals surface area contributed by atoms with Crippen molar-refractivity contribution >= 4 is 5.78 Å². The lowest BCUT2D eigenvalue weighted by Gasteiger charge is -2.32. The van der Waals surface area contributed by atoms with E-state index >= 15 is 0 Å². The summed E-state index contributed by atoms with van der Waals surface area (Å²) >= 11 is 0. The molecule has 0 aliphatic heterocycles. The van der Waals surface area contributed by atoms with Crippen LogP contribution in [0.25, 0.3) is 0 Å². The van der Waals surface area contributed by atoms with Crippen LogP contribution in [0.1, 0.15) is 47.5 Å². The molecular formula is C15H28NO+. The number of hydrogen-bond acceptors (Lipinski definition) is 1. The molecule has 2 rings (SSSR count). The Bertz CT molecular complexity index is 319. The first-order chi connectivity index (χ1) is 7.88. The van der Waals surface area contributed by atoms with Crippen molar-refractivity contribution in [2.75, 3.05) is 19.6 Å². The van der Waals surface area contributed by atoms with Crippen molar-refractivity contribution in [2.45, 2.75) is 47.5 Å². The van der Waals surface area contributed by atoms with Gasteiger partial charge >= 0.3 is 0 Å². The highest BCUT2D eigenvalue weighted by atomic mass is 16.1. The molecule has 2 heteroatoms. The lowest BCUT2D eigenvalue weighted by atomic mass is 9.70. The Hall–Kier alpha value is -0.370. The first-order valence-electron chi connectivity index (χ1n) is 7.26. The van der Waals surface area contributed by atoms with Gasteiger partial charge in [0.2, 0.25) is 0 Å². The fourth-order valence-corrected chi connectivity index (χ4v) is 4.36. The predicted molar refractivity (Wildman–Crippen MR) is 70.0 cm³/mol. The van der Waals surface area contributed by atoms with Gasteiger partial charge in [-0.05, 0) is 38.0 Å². The molecule has 0 heterocycles. The van der Waals surface area contributed by atoms with Gasteiger partial charge in [-0.1, -0.05) is 20.8 Å². The Kier molecular flexibility index (Phi) is 3.14. The molecule has 2 aliphatic carbocycles. The zero-order valence-corrected chi connectivity index (χ0v) is 12.1. The van der Waals surface area contributed by atoms with Gasteiger partial charge in [-0.2, -0.15) is 0 Å². The molecule has 0 aromatic rings. The van der Waals surface area contributed by atoms with E-state index in [9.17, 15) is 4.79 Å². The molecule has 0 unspecified atom stereocenters. The minimum absolute atomic E-state index is 0.0328. The molecule has 2 saturated carbocycles. The Labute approximate surface area is 106 Å². The number of nitrogens with one attached hydrogen (secondary N) is 1. The van der Waals surface area contributed by atoms with Crippen molar-refractivity contribution in [2.24, 2.45) is 22.7 Å². The number of ketones is 1. The molecule has 2 fully saturated rings. The zero-order valence-electron chi connectivity index (χ0n) is 12.1. The maximum atomic E-state index is 12.7. The molecule has 0 amide bonds.